The third kappa shape index (κ3) is 5.51. The van der Waals surface area contributed by atoms with Gasteiger partial charge in [0.2, 0.25) is 11.8 Å². The standard InChI is InChI=1S/C36H40BNO6/c1-3-8-22(18-23-15-16-31(39)28-13-6-5-12-27(23)28)14-17-32-33-24(9-4-2)19-29-34(30(33)21-44-32)36(41)38(35(29)40)26-11-7-10-25(20-26)37(42)43/h5-7,10-13,15-16,18,20,29-30,32,34,39,42-43H,3-4,8-9,14,17,19,21H2,1-2H3/b22-18+/t29-,30+,32-,34-/m1/s1. The van der Waals surface area contributed by atoms with Crippen LogP contribution in [0.25, 0.3) is 16.8 Å². The fraction of sp³-hybridized carbons (Fsp3) is 0.389. The average Bonchev–Trinajstić information content (AvgIpc) is 3.55. The molecule has 0 spiro atoms. The second kappa shape index (κ2) is 12.7. The molecule has 7 nitrogen and oxygen atoms in total. The number of benzene rings is 3. The Labute approximate surface area is 259 Å². The van der Waals surface area contributed by atoms with Crippen molar-refractivity contribution in [3.05, 3.63) is 82.9 Å². The van der Waals surface area contributed by atoms with Crippen molar-refractivity contribution in [2.75, 3.05) is 11.5 Å². The molecule has 0 radical (unpaired) electrons. The topological polar surface area (TPSA) is 107 Å². The van der Waals surface area contributed by atoms with Gasteiger partial charge in [-0.3, -0.25) is 14.5 Å². The second-order valence-electron chi connectivity index (χ2n) is 12.4. The number of phenolic OH excluding ortho intramolecular Hbond substituents is 1. The molecule has 0 bridgehead atoms. The Kier molecular flexibility index (Phi) is 8.76. The number of carbonyl (C=O) groups is 2. The molecule has 2 amide bonds. The van der Waals surface area contributed by atoms with Crippen molar-refractivity contribution in [3.63, 3.8) is 0 Å². The number of hydrogen-bond donors (Lipinski definition) is 3. The molecule has 228 valence electrons. The highest BCUT2D eigenvalue weighted by Crippen LogP contribution is 2.51. The lowest BCUT2D eigenvalue weighted by molar-refractivity contribution is -0.122. The number of imide groups is 1. The van der Waals surface area contributed by atoms with E-state index in [0.717, 1.165) is 54.9 Å². The maximum absolute atomic E-state index is 13.9. The van der Waals surface area contributed by atoms with Crippen molar-refractivity contribution in [3.8, 4) is 5.75 Å². The van der Waals surface area contributed by atoms with E-state index in [1.165, 1.54) is 27.7 Å². The summed E-state index contributed by atoms with van der Waals surface area (Å²) in [5.74, 6) is -1.19. The molecule has 2 saturated heterocycles. The van der Waals surface area contributed by atoms with E-state index in [1.807, 2.05) is 30.3 Å². The Hall–Kier alpha value is -3.72. The Bertz CT molecular complexity index is 1640. The Morgan fingerprint density at radius 2 is 1.75 bits per heavy atom. The number of phenols is 1. The SMILES string of the molecule is CCCC1=C2[C@@H](CC/C(=C/c3ccc(O)c4ccccc34)CCC)OC[C@@H]2[C@@H]2C(=O)N(c3cccc(B(O)O)c3)C(=O)[C@@H]2C1. The molecule has 2 aliphatic heterocycles. The fourth-order valence-electron chi connectivity index (χ4n) is 7.65. The Balaban J connectivity index is 1.26. The summed E-state index contributed by atoms with van der Waals surface area (Å²) in [7, 11) is -1.68. The average molecular weight is 594 g/mol. The Morgan fingerprint density at radius 3 is 2.50 bits per heavy atom. The van der Waals surface area contributed by atoms with Crippen molar-refractivity contribution >= 4 is 46.9 Å². The third-order valence-electron chi connectivity index (χ3n) is 9.58. The molecule has 1 aliphatic carbocycles. The van der Waals surface area contributed by atoms with Gasteiger partial charge >= 0.3 is 7.12 Å². The molecule has 0 saturated carbocycles. The van der Waals surface area contributed by atoms with E-state index in [9.17, 15) is 24.7 Å². The molecular weight excluding hydrogens is 553 g/mol. The van der Waals surface area contributed by atoms with Crippen LogP contribution in [0.4, 0.5) is 5.69 Å². The number of anilines is 1. The van der Waals surface area contributed by atoms with Crippen LogP contribution >= 0.6 is 0 Å². The van der Waals surface area contributed by atoms with Gasteiger partial charge in [0.05, 0.1) is 30.2 Å². The van der Waals surface area contributed by atoms with Gasteiger partial charge in [-0.15, -0.1) is 0 Å². The summed E-state index contributed by atoms with van der Waals surface area (Å²) in [5.41, 5.74) is 5.52. The van der Waals surface area contributed by atoms with Crippen LogP contribution in [0.3, 0.4) is 0 Å². The summed E-state index contributed by atoms with van der Waals surface area (Å²) >= 11 is 0. The maximum Gasteiger partial charge on any atom is 0.488 e. The van der Waals surface area contributed by atoms with Crippen molar-refractivity contribution in [2.24, 2.45) is 17.8 Å². The number of aromatic hydroxyl groups is 1. The lowest BCUT2D eigenvalue weighted by Gasteiger charge is -2.32. The summed E-state index contributed by atoms with van der Waals surface area (Å²) < 4.78 is 6.46. The Morgan fingerprint density at radius 1 is 0.955 bits per heavy atom. The fourth-order valence-corrected chi connectivity index (χ4v) is 7.65. The largest absolute Gasteiger partial charge is 0.507 e. The van der Waals surface area contributed by atoms with Crippen LogP contribution < -0.4 is 10.4 Å². The van der Waals surface area contributed by atoms with E-state index in [2.05, 4.69) is 19.9 Å². The van der Waals surface area contributed by atoms with Crippen molar-refractivity contribution in [1.82, 2.24) is 0 Å². The van der Waals surface area contributed by atoms with Crippen LogP contribution in [0.2, 0.25) is 0 Å². The zero-order chi connectivity index (χ0) is 31.0. The van der Waals surface area contributed by atoms with Gasteiger partial charge in [-0.1, -0.05) is 86.4 Å². The summed E-state index contributed by atoms with van der Waals surface area (Å²) in [6, 6.07) is 18.0. The lowest BCUT2D eigenvalue weighted by atomic mass is 9.68. The van der Waals surface area contributed by atoms with Gasteiger partial charge in [-0.25, -0.2) is 0 Å². The molecule has 0 unspecified atom stereocenters. The molecule has 2 fully saturated rings. The van der Waals surface area contributed by atoms with Gasteiger partial charge in [-0.2, -0.15) is 0 Å². The quantitative estimate of drug-likeness (QED) is 0.163. The van der Waals surface area contributed by atoms with Gasteiger partial charge in [-0.05, 0) is 72.3 Å². The molecule has 0 aromatic heterocycles. The van der Waals surface area contributed by atoms with E-state index < -0.39 is 19.0 Å². The number of amides is 2. The summed E-state index contributed by atoms with van der Waals surface area (Å²) in [6.07, 6.45) is 8.18. The van der Waals surface area contributed by atoms with Crippen molar-refractivity contribution in [2.45, 2.75) is 64.9 Å². The molecule has 44 heavy (non-hydrogen) atoms. The van der Waals surface area contributed by atoms with Crippen molar-refractivity contribution in [1.29, 1.82) is 0 Å². The first kappa shape index (κ1) is 30.3. The number of carbonyl (C=O) groups excluding carboxylic acids is 2. The van der Waals surface area contributed by atoms with Crippen LogP contribution in [-0.2, 0) is 14.3 Å². The number of allylic oxidation sites excluding steroid dienone is 2. The number of ether oxygens (including phenoxy) is 1. The number of rotatable bonds is 10. The highest BCUT2D eigenvalue weighted by Gasteiger charge is 2.57. The van der Waals surface area contributed by atoms with Gasteiger partial charge in [0.15, 0.2) is 0 Å². The number of fused-ring (bicyclic) bond motifs is 4. The molecule has 2 heterocycles. The smallest absolute Gasteiger partial charge is 0.488 e. The first-order valence-corrected chi connectivity index (χ1v) is 15.9. The van der Waals surface area contributed by atoms with E-state index in [-0.39, 0.29) is 35.0 Å². The van der Waals surface area contributed by atoms with E-state index in [0.29, 0.717) is 18.7 Å². The van der Waals surface area contributed by atoms with Crippen LogP contribution in [0, 0.1) is 17.8 Å². The maximum atomic E-state index is 13.9. The minimum absolute atomic E-state index is 0.0934. The monoisotopic (exact) mass is 593 g/mol. The zero-order valence-electron chi connectivity index (χ0n) is 25.4. The first-order chi connectivity index (χ1) is 21.3. The molecule has 3 aromatic carbocycles. The minimum atomic E-state index is -1.68. The van der Waals surface area contributed by atoms with Crippen molar-refractivity contribution < 1.29 is 29.5 Å². The minimum Gasteiger partial charge on any atom is -0.507 e. The normalized spacial score (nSPS) is 23.5. The first-order valence-electron chi connectivity index (χ1n) is 15.9. The van der Waals surface area contributed by atoms with Crippen LogP contribution in [0.15, 0.2) is 77.4 Å². The summed E-state index contributed by atoms with van der Waals surface area (Å²) in [4.78, 5) is 28.9. The van der Waals surface area contributed by atoms with E-state index in [1.54, 1.807) is 24.3 Å². The molecule has 3 aliphatic rings. The van der Waals surface area contributed by atoms with Gasteiger partial charge in [0.1, 0.15) is 5.75 Å². The summed E-state index contributed by atoms with van der Waals surface area (Å²) in [6.45, 7) is 4.74. The lowest BCUT2D eigenvalue weighted by Crippen LogP contribution is -2.35. The van der Waals surface area contributed by atoms with E-state index >= 15 is 0 Å². The van der Waals surface area contributed by atoms with Crippen LogP contribution in [-0.4, -0.2) is 46.8 Å². The van der Waals surface area contributed by atoms with Crippen LogP contribution in [0.1, 0.15) is 64.4 Å². The van der Waals surface area contributed by atoms with Crippen LogP contribution in [0.5, 0.6) is 5.75 Å². The van der Waals surface area contributed by atoms with Gasteiger partial charge < -0.3 is 19.9 Å². The van der Waals surface area contributed by atoms with E-state index in [4.69, 9.17) is 4.74 Å². The number of hydrogen-bond acceptors (Lipinski definition) is 6. The predicted octanol–water partition coefficient (Wildman–Crippen LogP) is 5.51. The molecule has 3 N–H and O–H groups in total. The predicted molar refractivity (Wildman–Crippen MR) is 173 cm³/mol. The zero-order valence-corrected chi connectivity index (χ0v) is 25.4. The highest BCUT2D eigenvalue weighted by atomic mass is 16.5. The number of nitrogens with zero attached hydrogens (tertiary/aromatic N) is 1. The third-order valence-corrected chi connectivity index (χ3v) is 9.58. The molecule has 6 rings (SSSR count). The molecule has 4 atom stereocenters. The molecule has 3 aromatic rings. The molecular formula is C36H40BNO6. The van der Waals surface area contributed by atoms with Gasteiger partial charge in [0, 0.05) is 11.3 Å². The molecule has 8 heteroatoms. The van der Waals surface area contributed by atoms with Gasteiger partial charge in [0.25, 0.3) is 0 Å². The summed E-state index contributed by atoms with van der Waals surface area (Å²) in [5, 5.41) is 31.6. The second-order valence-corrected chi connectivity index (χ2v) is 12.4. The highest BCUT2D eigenvalue weighted by molar-refractivity contribution is 6.58.